The second-order valence-corrected chi connectivity index (χ2v) is 5.53. The Hall–Kier alpha value is -1.36. The lowest BCUT2D eigenvalue weighted by Crippen LogP contribution is -2.39. The molecule has 0 amide bonds. The van der Waals surface area contributed by atoms with Gasteiger partial charge in [0.2, 0.25) is 0 Å². The molecule has 1 aliphatic carbocycles. The van der Waals surface area contributed by atoms with Crippen LogP contribution in [0.5, 0.6) is 0 Å². The van der Waals surface area contributed by atoms with Gasteiger partial charge >= 0.3 is 5.69 Å². The summed E-state index contributed by atoms with van der Waals surface area (Å²) in [5.74, 6) is 0.857. The van der Waals surface area contributed by atoms with Gasteiger partial charge in [-0.2, -0.15) is 0 Å². The maximum Gasteiger partial charge on any atom is 0.330 e. The Morgan fingerprint density at radius 3 is 2.63 bits per heavy atom. The van der Waals surface area contributed by atoms with E-state index >= 15 is 0 Å². The van der Waals surface area contributed by atoms with Crippen molar-refractivity contribution in [2.24, 2.45) is 20.0 Å². The first kappa shape index (κ1) is 14.1. The van der Waals surface area contributed by atoms with Gasteiger partial charge in [-0.05, 0) is 18.9 Å². The highest BCUT2D eigenvalue weighted by Crippen LogP contribution is 2.26. The molecule has 19 heavy (non-hydrogen) atoms. The van der Waals surface area contributed by atoms with Crippen LogP contribution >= 0.6 is 0 Å². The molecule has 1 N–H and O–H groups in total. The smallest absolute Gasteiger partial charge is 0.312 e. The van der Waals surface area contributed by atoms with Crippen LogP contribution < -0.4 is 16.6 Å². The fraction of sp³-hybridized carbons (Fsp3) is 0.714. The van der Waals surface area contributed by atoms with Crippen molar-refractivity contribution in [3.8, 4) is 0 Å². The van der Waals surface area contributed by atoms with E-state index in [0.29, 0.717) is 12.1 Å². The third-order valence-corrected chi connectivity index (χ3v) is 4.04. The van der Waals surface area contributed by atoms with Crippen molar-refractivity contribution >= 4 is 0 Å². The lowest BCUT2D eigenvalue weighted by atomic mass is 10.0. The predicted molar refractivity (Wildman–Crippen MR) is 75.2 cm³/mol. The molecule has 0 spiro atoms. The van der Waals surface area contributed by atoms with Crippen LogP contribution in [0.1, 0.15) is 37.7 Å². The molecule has 0 radical (unpaired) electrons. The molecular formula is C14H23N3O2. The summed E-state index contributed by atoms with van der Waals surface area (Å²) in [6.45, 7) is 1.48. The van der Waals surface area contributed by atoms with Crippen LogP contribution in [0.25, 0.3) is 0 Å². The molecule has 0 unspecified atom stereocenters. The van der Waals surface area contributed by atoms with Crippen molar-refractivity contribution in [1.29, 1.82) is 0 Å². The van der Waals surface area contributed by atoms with E-state index in [1.165, 1.54) is 43.7 Å². The Balaban J connectivity index is 1.89. The quantitative estimate of drug-likeness (QED) is 0.800. The Kier molecular flexibility index (Phi) is 4.58. The number of aryl methyl sites for hydroxylation is 1. The van der Waals surface area contributed by atoms with Crippen LogP contribution in [0.3, 0.4) is 0 Å². The zero-order valence-corrected chi connectivity index (χ0v) is 11.8. The normalized spacial score (nSPS) is 16.1. The summed E-state index contributed by atoms with van der Waals surface area (Å²) < 4.78 is 2.61. The van der Waals surface area contributed by atoms with Gasteiger partial charge in [-0.3, -0.25) is 9.36 Å². The Morgan fingerprint density at radius 1 is 1.26 bits per heavy atom. The van der Waals surface area contributed by atoms with Crippen LogP contribution in [0.4, 0.5) is 0 Å². The molecule has 1 aromatic heterocycles. The number of rotatable bonds is 5. The van der Waals surface area contributed by atoms with Crippen molar-refractivity contribution in [1.82, 2.24) is 14.5 Å². The Labute approximate surface area is 113 Å². The summed E-state index contributed by atoms with van der Waals surface area (Å²) in [5, 5.41) is 3.31. The highest BCUT2D eigenvalue weighted by molar-refractivity contribution is 5.05. The van der Waals surface area contributed by atoms with Crippen LogP contribution in [0.15, 0.2) is 15.8 Å². The molecule has 0 aliphatic heterocycles. The van der Waals surface area contributed by atoms with Gasteiger partial charge in [0.05, 0.1) is 0 Å². The summed E-state index contributed by atoms with van der Waals surface area (Å²) in [6.07, 6.45) is 8.25. The predicted octanol–water partition coefficient (Wildman–Crippen LogP) is 0.754. The molecular weight excluding hydrogens is 242 g/mol. The summed E-state index contributed by atoms with van der Waals surface area (Å²) >= 11 is 0. The third kappa shape index (κ3) is 3.35. The van der Waals surface area contributed by atoms with Crippen molar-refractivity contribution in [3.05, 3.63) is 32.6 Å². The molecule has 106 valence electrons. The summed E-state index contributed by atoms with van der Waals surface area (Å²) in [4.78, 5) is 23.5. The SMILES string of the molecule is Cn1cc(CNCCC2CCCC2)c(=O)n(C)c1=O. The molecule has 0 bridgehead atoms. The number of aromatic nitrogens is 2. The minimum absolute atomic E-state index is 0.198. The van der Waals surface area contributed by atoms with E-state index < -0.39 is 0 Å². The van der Waals surface area contributed by atoms with Gasteiger partial charge in [0.15, 0.2) is 0 Å². The van der Waals surface area contributed by atoms with E-state index in [2.05, 4.69) is 5.32 Å². The van der Waals surface area contributed by atoms with Gasteiger partial charge in [-0.15, -0.1) is 0 Å². The number of nitrogens with zero attached hydrogens (tertiary/aromatic N) is 2. The zero-order chi connectivity index (χ0) is 13.8. The second kappa shape index (κ2) is 6.19. The lowest BCUT2D eigenvalue weighted by molar-refractivity contribution is 0.475. The minimum atomic E-state index is -0.278. The molecule has 1 aliphatic rings. The van der Waals surface area contributed by atoms with Crippen LogP contribution in [0.2, 0.25) is 0 Å². The molecule has 2 rings (SSSR count). The number of hydrogen-bond acceptors (Lipinski definition) is 3. The summed E-state index contributed by atoms with van der Waals surface area (Å²) in [6, 6.07) is 0. The molecule has 1 fully saturated rings. The molecule has 1 saturated carbocycles. The van der Waals surface area contributed by atoms with Gasteiger partial charge in [0, 0.05) is 32.4 Å². The van der Waals surface area contributed by atoms with Gasteiger partial charge in [0.25, 0.3) is 5.56 Å². The first-order valence-electron chi connectivity index (χ1n) is 7.06. The van der Waals surface area contributed by atoms with Crippen LogP contribution in [-0.2, 0) is 20.6 Å². The van der Waals surface area contributed by atoms with E-state index in [1.54, 1.807) is 13.2 Å². The fourth-order valence-corrected chi connectivity index (χ4v) is 2.83. The maximum atomic E-state index is 11.9. The molecule has 5 heteroatoms. The minimum Gasteiger partial charge on any atom is -0.312 e. The van der Waals surface area contributed by atoms with Crippen molar-refractivity contribution in [2.45, 2.75) is 38.6 Å². The highest BCUT2D eigenvalue weighted by atomic mass is 16.2. The Morgan fingerprint density at radius 2 is 1.95 bits per heavy atom. The van der Waals surface area contributed by atoms with Crippen LogP contribution in [0, 0.1) is 5.92 Å². The van der Waals surface area contributed by atoms with E-state index in [0.717, 1.165) is 17.0 Å². The van der Waals surface area contributed by atoms with E-state index in [1.807, 2.05) is 0 Å². The maximum absolute atomic E-state index is 11.9. The standard InChI is InChI=1S/C14H23N3O2/c1-16-10-12(13(18)17(2)14(16)19)9-15-8-7-11-5-3-4-6-11/h10-11,15H,3-9H2,1-2H3. The van der Waals surface area contributed by atoms with Gasteiger partial charge < -0.3 is 9.88 Å². The molecule has 0 saturated heterocycles. The number of hydrogen-bond donors (Lipinski definition) is 1. The third-order valence-electron chi connectivity index (χ3n) is 4.04. The first-order chi connectivity index (χ1) is 9.09. The van der Waals surface area contributed by atoms with Crippen molar-refractivity contribution in [2.75, 3.05) is 6.54 Å². The van der Waals surface area contributed by atoms with Gasteiger partial charge in [-0.1, -0.05) is 25.7 Å². The largest absolute Gasteiger partial charge is 0.330 e. The highest BCUT2D eigenvalue weighted by Gasteiger charge is 2.14. The van der Waals surface area contributed by atoms with Crippen molar-refractivity contribution in [3.63, 3.8) is 0 Å². The molecule has 0 aromatic carbocycles. The van der Waals surface area contributed by atoms with Crippen molar-refractivity contribution < 1.29 is 0 Å². The average Bonchev–Trinajstić information content (AvgIpc) is 2.91. The summed E-state index contributed by atoms with van der Waals surface area (Å²) in [5.41, 5.74) is 0.173. The van der Waals surface area contributed by atoms with E-state index in [4.69, 9.17) is 0 Å². The lowest BCUT2D eigenvalue weighted by Gasteiger charge is -2.10. The monoisotopic (exact) mass is 265 g/mol. The molecule has 5 nitrogen and oxygen atoms in total. The van der Waals surface area contributed by atoms with Crippen LogP contribution in [-0.4, -0.2) is 15.7 Å². The van der Waals surface area contributed by atoms with E-state index in [-0.39, 0.29) is 11.2 Å². The zero-order valence-electron chi connectivity index (χ0n) is 11.8. The molecule has 1 aromatic rings. The van der Waals surface area contributed by atoms with Gasteiger partial charge in [-0.25, -0.2) is 4.79 Å². The first-order valence-corrected chi connectivity index (χ1v) is 7.06. The van der Waals surface area contributed by atoms with E-state index in [9.17, 15) is 9.59 Å². The Bertz CT molecular complexity index is 539. The fourth-order valence-electron chi connectivity index (χ4n) is 2.83. The summed E-state index contributed by atoms with van der Waals surface area (Å²) in [7, 11) is 3.19. The van der Waals surface area contributed by atoms with Gasteiger partial charge in [0.1, 0.15) is 0 Å². The number of nitrogens with one attached hydrogen (secondary N) is 1. The molecule has 0 atom stereocenters. The second-order valence-electron chi connectivity index (χ2n) is 5.53. The topological polar surface area (TPSA) is 56.0 Å². The molecule has 1 heterocycles. The average molecular weight is 265 g/mol.